The highest BCUT2D eigenvalue weighted by Gasteiger charge is 2.45. The third kappa shape index (κ3) is 2.65. The van der Waals surface area contributed by atoms with Gasteiger partial charge in [-0.3, -0.25) is 4.79 Å². The van der Waals surface area contributed by atoms with E-state index < -0.39 is 5.41 Å². The molecule has 3 heteroatoms. The second-order valence-corrected chi connectivity index (χ2v) is 5.95. The van der Waals surface area contributed by atoms with Crippen LogP contribution in [0.15, 0.2) is 24.3 Å². The van der Waals surface area contributed by atoms with Crippen LogP contribution in [0.25, 0.3) is 0 Å². The molecular formula is C16H22FNO. The molecule has 19 heavy (non-hydrogen) atoms. The molecule has 2 nitrogen and oxygen atoms in total. The lowest BCUT2D eigenvalue weighted by atomic mass is 9.63. The first-order valence-electron chi connectivity index (χ1n) is 7.03. The molecule has 1 atom stereocenters. The van der Waals surface area contributed by atoms with Gasteiger partial charge in [0.25, 0.3) is 0 Å². The number of nitrogens with one attached hydrogen (secondary N) is 1. The Morgan fingerprint density at radius 2 is 1.79 bits per heavy atom. The fourth-order valence-electron chi connectivity index (χ4n) is 2.46. The molecule has 1 amide bonds. The van der Waals surface area contributed by atoms with E-state index in [4.69, 9.17) is 0 Å². The van der Waals surface area contributed by atoms with E-state index in [-0.39, 0.29) is 17.8 Å². The van der Waals surface area contributed by atoms with Crippen molar-refractivity contribution in [3.05, 3.63) is 35.6 Å². The average Bonchev–Trinajstić information content (AvgIpc) is 2.30. The first-order chi connectivity index (χ1) is 8.95. The third-order valence-corrected chi connectivity index (χ3v) is 4.40. The first kappa shape index (κ1) is 14.0. The third-order valence-electron chi connectivity index (χ3n) is 4.40. The van der Waals surface area contributed by atoms with E-state index in [9.17, 15) is 9.18 Å². The van der Waals surface area contributed by atoms with E-state index in [1.54, 1.807) is 12.1 Å². The highest BCUT2D eigenvalue weighted by molar-refractivity contribution is 5.89. The Kier molecular flexibility index (Phi) is 3.93. The quantitative estimate of drug-likeness (QED) is 0.886. The monoisotopic (exact) mass is 263 g/mol. The largest absolute Gasteiger partial charge is 0.353 e. The van der Waals surface area contributed by atoms with Crippen molar-refractivity contribution < 1.29 is 9.18 Å². The lowest BCUT2D eigenvalue weighted by Gasteiger charge is -2.41. The van der Waals surface area contributed by atoms with Crippen LogP contribution < -0.4 is 5.32 Å². The second kappa shape index (κ2) is 5.32. The average molecular weight is 263 g/mol. The molecule has 1 aromatic rings. The molecule has 0 saturated heterocycles. The van der Waals surface area contributed by atoms with Crippen LogP contribution in [0.5, 0.6) is 0 Å². The molecule has 0 bridgehead atoms. The van der Waals surface area contributed by atoms with Crippen molar-refractivity contribution in [1.82, 2.24) is 5.32 Å². The number of carbonyl (C=O) groups is 1. The molecule has 0 aromatic heterocycles. The maximum absolute atomic E-state index is 13.0. The van der Waals surface area contributed by atoms with Crippen molar-refractivity contribution in [2.24, 2.45) is 5.92 Å². The predicted molar refractivity (Wildman–Crippen MR) is 74.4 cm³/mol. The number of hydrogen-bond acceptors (Lipinski definition) is 1. The van der Waals surface area contributed by atoms with Crippen molar-refractivity contribution in [3.8, 4) is 0 Å². The normalized spacial score (nSPS) is 18.8. The molecular weight excluding hydrogens is 241 g/mol. The van der Waals surface area contributed by atoms with Crippen molar-refractivity contribution in [1.29, 1.82) is 0 Å². The number of amides is 1. The van der Waals surface area contributed by atoms with Gasteiger partial charge in [-0.15, -0.1) is 0 Å². The van der Waals surface area contributed by atoms with Gasteiger partial charge in [-0.2, -0.15) is 0 Å². The topological polar surface area (TPSA) is 29.1 Å². The van der Waals surface area contributed by atoms with E-state index in [0.717, 1.165) is 24.8 Å². The van der Waals surface area contributed by atoms with E-state index in [1.807, 2.05) is 6.92 Å². The van der Waals surface area contributed by atoms with E-state index in [1.165, 1.54) is 12.1 Å². The van der Waals surface area contributed by atoms with Gasteiger partial charge in [-0.25, -0.2) is 4.39 Å². The summed E-state index contributed by atoms with van der Waals surface area (Å²) in [4.78, 5) is 12.5. The van der Waals surface area contributed by atoms with Gasteiger partial charge in [-0.05, 0) is 43.4 Å². The van der Waals surface area contributed by atoms with Crippen LogP contribution >= 0.6 is 0 Å². The smallest absolute Gasteiger partial charge is 0.230 e. The van der Waals surface area contributed by atoms with Crippen molar-refractivity contribution in [3.63, 3.8) is 0 Å². The molecule has 1 aliphatic rings. The van der Waals surface area contributed by atoms with Gasteiger partial charge in [0.05, 0.1) is 5.41 Å². The summed E-state index contributed by atoms with van der Waals surface area (Å²) in [6, 6.07) is 6.52. The van der Waals surface area contributed by atoms with E-state index in [0.29, 0.717) is 5.92 Å². The Morgan fingerprint density at radius 3 is 2.21 bits per heavy atom. The minimum absolute atomic E-state index is 0.0894. The number of rotatable bonds is 4. The summed E-state index contributed by atoms with van der Waals surface area (Å²) in [6.45, 7) is 6.21. The molecule has 1 aromatic carbocycles. The Balaban J connectivity index is 2.18. The van der Waals surface area contributed by atoms with E-state index >= 15 is 0 Å². The van der Waals surface area contributed by atoms with Gasteiger partial charge in [-0.1, -0.05) is 32.4 Å². The Bertz CT molecular complexity index is 448. The zero-order valence-electron chi connectivity index (χ0n) is 11.9. The van der Waals surface area contributed by atoms with Gasteiger partial charge < -0.3 is 5.32 Å². The van der Waals surface area contributed by atoms with Crippen LogP contribution in [0.2, 0.25) is 0 Å². The maximum Gasteiger partial charge on any atom is 0.230 e. The van der Waals surface area contributed by atoms with Crippen LogP contribution in [0.4, 0.5) is 4.39 Å². The van der Waals surface area contributed by atoms with Gasteiger partial charge >= 0.3 is 0 Å². The molecule has 1 unspecified atom stereocenters. The fourth-order valence-corrected chi connectivity index (χ4v) is 2.46. The van der Waals surface area contributed by atoms with Gasteiger partial charge in [0.15, 0.2) is 0 Å². The van der Waals surface area contributed by atoms with Gasteiger partial charge in [0.1, 0.15) is 5.82 Å². The number of halogens is 1. The molecule has 0 aliphatic heterocycles. The summed E-state index contributed by atoms with van der Waals surface area (Å²) in [6.07, 6.45) is 2.77. The number of hydrogen-bond donors (Lipinski definition) is 1. The van der Waals surface area contributed by atoms with Crippen LogP contribution in [-0.4, -0.2) is 11.9 Å². The molecule has 1 fully saturated rings. The summed E-state index contributed by atoms with van der Waals surface area (Å²) >= 11 is 0. The molecule has 0 heterocycles. The van der Waals surface area contributed by atoms with E-state index in [2.05, 4.69) is 19.2 Å². The predicted octanol–water partition coefficient (Wildman–Crippen LogP) is 3.41. The molecule has 1 aliphatic carbocycles. The van der Waals surface area contributed by atoms with Crippen LogP contribution in [0, 0.1) is 11.7 Å². The first-order valence-corrected chi connectivity index (χ1v) is 7.03. The summed E-state index contributed by atoms with van der Waals surface area (Å²) in [5, 5.41) is 3.10. The minimum Gasteiger partial charge on any atom is -0.353 e. The summed E-state index contributed by atoms with van der Waals surface area (Å²) in [5.41, 5.74) is 0.505. The standard InChI is InChI=1S/C16H22FNO/c1-11(2)12(3)18-15(19)16(9-4-10-16)13-5-7-14(17)8-6-13/h5-8,11-12H,4,9-10H2,1-3H3,(H,18,19). The summed E-state index contributed by atoms with van der Waals surface area (Å²) in [5.74, 6) is 0.245. The Labute approximate surface area is 114 Å². The highest BCUT2D eigenvalue weighted by atomic mass is 19.1. The van der Waals surface area contributed by atoms with Crippen LogP contribution in [0.3, 0.4) is 0 Å². The zero-order valence-corrected chi connectivity index (χ0v) is 11.9. The second-order valence-electron chi connectivity index (χ2n) is 5.95. The SMILES string of the molecule is CC(C)C(C)NC(=O)C1(c2ccc(F)cc2)CCC1. The highest BCUT2D eigenvalue weighted by Crippen LogP contribution is 2.44. The van der Waals surface area contributed by atoms with Crippen molar-refractivity contribution in [2.45, 2.75) is 51.5 Å². The molecule has 104 valence electrons. The molecule has 2 rings (SSSR count). The van der Waals surface area contributed by atoms with Crippen molar-refractivity contribution in [2.75, 3.05) is 0 Å². The van der Waals surface area contributed by atoms with Gasteiger partial charge in [0.2, 0.25) is 5.91 Å². The van der Waals surface area contributed by atoms with Crippen LogP contribution in [0.1, 0.15) is 45.6 Å². The number of benzene rings is 1. The number of carbonyl (C=O) groups excluding carboxylic acids is 1. The van der Waals surface area contributed by atoms with Crippen LogP contribution in [-0.2, 0) is 10.2 Å². The lowest BCUT2D eigenvalue weighted by Crippen LogP contribution is -2.52. The van der Waals surface area contributed by atoms with Crippen molar-refractivity contribution >= 4 is 5.91 Å². The Morgan fingerprint density at radius 1 is 1.21 bits per heavy atom. The Hall–Kier alpha value is -1.38. The molecule has 0 radical (unpaired) electrons. The minimum atomic E-state index is -0.434. The molecule has 1 saturated carbocycles. The van der Waals surface area contributed by atoms with Gasteiger partial charge in [0, 0.05) is 6.04 Å². The lowest BCUT2D eigenvalue weighted by molar-refractivity contribution is -0.130. The zero-order chi connectivity index (χ0) is 14.0. The maximum atomic E-state index is 13.0. The summed E-state index contributed by atoms with van der Waals surface area (Å²) in [7, 11) is 0. The molecule has 1 N–H and O–H groups in total. The fraction of sp³-hybridized carbons (Fsp3) is 0.562. The molecule has 0 spiro atoms. The summed E-state index contributed by atoms with van der Waals surface area (Å²) < 4.78 is 13.0.